The maximum Gasteiger partial charge on any atom is 0.130 e. The maximum absolute atomic E-state index is 13.0. The van der Waals surface area contributed by atoms with Crippen molar-refractivity contribution in [3.63, 3.8) is 0 Å². The molecule has 1 aromatic carbocycles. The Bertz CT molecular complexity index is 269. The standard InChI is InChI=1S/C10H14FP/c1-7(2)5-8-3-4-10(12)9(11)6-8/h3-4,6-7H,5,12H2,1-2H3. The molecule has 0 N–H and O–H groups in total. The van der Waals surface area contributed by atoms with Crippen LogP contribution in [0.2, 0.25) is 0 Å². The van der Waals surface area contributed by atoms with Crippen LogP contribution in [-0.4, -0.2) is 0 Å². The van der Waals surface area contributed by atoms with E-state index in [1.165, 1.54) is 0 Å². The van der Waals surface area contributed by atoms with Gasteiger partial charge in [-0.2, -0.15) is 0 Å². The molecule has 0 amide bonds. The minimum Gasteiger partial charge on any atom is -0.206 e. The summed E-state index contributed by atoms with van der Waals surface area (Å²) in [5, 5.41) is 0.641. The fraction of sp³-hybridized carbons (Fsp3) is 0.400. The fourth-order valence-corrected chi connectivity index (χ4v) is 1.35. The van der Waals surface area contributed by atoms with Gasteiger partial charge in [0.2, 0.25) is 0 Å². The summed E-state index contributed by atoms with van der Waals surface area (Å²) in [7, 11) is 2.38. The van der Waals surface area contributed by atoms with Gasteiger partial charge in [0, 0.05) is 5.30 Å². The zero-order chi connectivity index (χ0) is 9.14. The summed E-state index contributed by atoms with van der Waals surface area (Å²) in [4.78, 5) is 0. The van der Waals surface area contributed by atoms with E-state index in [1.807, 2.05) is 6.07 Å². The van der Waals surface area contributed by atoms with Crippen LogP contribution >= 0.6 is 9.24 Å². The van der Waals surface area contributed by atoms with Crippen molar-refractivity contribution in [2.24, 2.45) is 5.92 Å². The Morgan fingerprint density at radius 3 is 2.58 bits per heavy atom. The summed E-state index contributed by atoms with van der Waals surface area (Å²) < 4.78 is 13.0. The molecule has 0 radical (unpaired) electrons. The summed E-state index contributed by atoms with van der Waals surface area (Å²) in [5.41, 5.74) is 1.08. The second-order valence-corrected chi connectivity index (χ2v) is 4.08. The van der Waals surface area contributed by atoms with Crippen molar-refractivity contribution in [3.8, 4) is 0 Å². The van der Waals surface area contributed by atoms with E-state index in [2.05, 4.69) is 23.1 Å². The number of hydrogen-bond acceptors (Lipinski definition) is 0. The van der Waals surface area contributed by atoms with E-state index in [0.717, 1.165) is 12.0 Å². The van der Waals surface area contributed by atoms with Crippen molar-refractivity contribution in [2.75, 3.05) is 0 Å². The monoisotopic (exact) mass is 184 g/mol. The Morgan fingerprint density at radius 2 is 2.08 bits per heavy atom. The van der Waals surface area contributed by atoms with Crippen LogP contribution in [0.15, 0.2) is 18.2 Å². The summed E-state index contributed by atoms with van der Waals surface area (Å²) in [6.45, 7) is 4.26. The van der Waals surface area contributed by atoms with Gasteiger partial charge in [-0.15, -0.1) is 9.24 Å². The molecule has 0 spiro atoms. The first-order valence-electron chi connectivity index (χ1n) is 4.13. The van der Waals surface area contributed by atoms with Gasteiger partial charge >= 0.3 is 0 Å². The summed E-state index contributed by atoms with van der Waals surface area (Å²) in [6.07, 6.45) is 0.946. The van der Waals surface area contributed by atoms with Crippen LogP contribution in [0.5, 0.6) is 0 Å². The van der Waals surface area contributed by atoms with E-state index in [0.29, 0.717) is 11.2 Å². The zero-order valence-electron chi connectivity index (χ0n) is 7.47. The lowest BCUT2D eigenvalue weighted by Gasteiger charge is -2.05. The van der Waals surface area contributed by atoms with E-state index in [-0.39, 0.29) is 5.82 Å². The Morgan fingerprint density at radius 1 is 1.42 bits per heavy atom. The first-order chi connectivity index (χ1) is 5.59. The second kappa shape index (κ2) is 4.00. The van der Waals surface area contributed by atoms with Crippen molar-refractivity contribution in [2.45, 2.75) is 20.3 Å². The van der Waals surface area contributed by atoms with Crippen LogP contribution in [-0.2, 0) is 6.42 Å². The number of rotatable bonds is 2. The highest BCUT2D eigenvalue weighted by molar-refractivity contribution is 7.27. The number of halogens is 1. The lowest BCUT2D eigenvalue weighted by molar-refractivity contribution is 0.619. The molecular formula is C10H14FP. The SMILES string of the molecule is CC(C)Cc1ccc(P)c(F)c1. The Hall–Kier alpha value is -0.420. The van der Waals surface area contributed by atoms with Gasteiger partial charge in [0.1, 0.15) is 5.82 Å². The quantitative estimate of drug-likeness (QED) is 0.619. The molecule has 0 heterocycles. The van der Waals surface area contributed by atoms with Crippen molar-refractivity contribution in [1.29, 1.82) is 0 Å². The molecule has 0 aromatic heterocycles. The Labute approximate surface area is 75.4 Å². The minimum absolute atomic E-state index is 0.127. The first kappa shape index (κ1) is 9.67. The van der Waals surface area contributed by atoms with Gasteiger partial charge in [0.25, 0.3) is 0 Å². The molecule has 0 aliphatic rings. The average Bonchev–Trinajstić information content (AvgIpc) is 1.96. The highest BCUT2D eigenvalue weighted by Gasteiger charge is 2.01. The molecule has 0 fully saturated rings. The summed E-state index contributed by atoms with van der Waals surface area (Å²) >= 11 is 0. The Balaban J connectivity index is 2.82. The largest absolute Gasteiger partial charge is 0.206 e. The molecule has 0 nitrogen and oxygen atoms in total. The van der Waals surface area contributed by atoms with Gasteiger partial charge in [-0.25, -0.2) is 4.39 Å². The van der Waals surface area contributed by atoms with E-state index in [1.54, 1.807) is 12.1 Å². The molecule has 1 rings (SSSR count). The molecule has 2 heteroatoms. The Kier molecular flexibility index (Phi) is 3.22. The third kappa shape index (κ3) is 2.57. The van der Waals surface area contributed by atoms with Crippen molar-refractivity contribution < 1.29 is 4.39 Å². The van der Waals surface area contributed by atoms with Gasteiger partial charge in [-0.05, 0) is 24.0 Å². The second-order valence-electron chi connectivity index (χ2n) is 3.45. The molecule has 0 bridgehead atoms. The topological polar surface area (TPSA) is 0 Å². The number of benzene rings is 1. The van der Waals surface area contributed by atoms with Crippen LogP contribution in [0.3, 0.4) is 0 Å². The predicted molar refractivity (Wildman–Crippen MR) is 54.3 cm³/mol. The van der Waals surface area contributed by atoms with Crippen LogP contribution < -0.4 is 5.30 Å². The van der Waals surface area contributed by atoms with Crippen LogP contribution in [0, 0.1) is 11.7 Å². The van der Waals surface area contributed by atoms with E-state index in [4.69, 9.17) is 0 Å². The number of hydrogen-bond donors (Lipinski definition) is 0. The van der Waals surface area contributed by atoms with Crippen molar-refractivity contribution in [1.82, 2.24) is 0 Å². The molecule has 0 saturated heterocycles. The summed E-state index contributed by atoms with van der Waals surface area (Å²) in [5.74, 6) is 0.456. The van der Waals surface area contributed by atoms with Crippen molar-refractivity contribution in [3.05, 3.63) is 29.6 Å². The van der Waals surface area contributed by atoms with Gasteiger partial charge in [-0.3, -0.25) is 0 Å². The van der Waals surface area contributed by atoms with E-state index >= 15 is 0 Å². The van der Waals surface area contributed by atoms with Gasteiger partial charge in [0.15, 0.2) is 0 Å². The molecule has 1 aromatic rings. The predicted octanol–water partition coefficient (Wildman–Crippen LogP) is 2.52. The van der Waals surface area contributed by atoms with Crippen LogP contribution in [0.1, 0.15) is 19.4 Å². The van der Waals surface area contributed by atoms with Crippen molar-refractivity contribution >= 4 is 14.5 Å². The fourth-order valence-electron chi connectivity index (χ4n) is 1.17. The smallest absolute Gasteiger partial charge is 0.130 e. The third-order valence-electron chi connectivity index (χ3n) is 1.71. The van der Waals surface area contributed by atoms with Gasteiger partial charge in [0.05, 0.1) is 0 Å². The normalized spacial score (nSPS) is 10.8. The molecule has 1 unspecified atom stereocenters. The van der Waals surface area contributed by atoms with Gasteiger partial charge < -0.3 is 0 Å². The molecule has 12 heavy (non-hydrogen) atoms. The van der Waals surface area contributed by atoms with E-state index < -0.39 is 0 Å². The average molecular weight is 184 g/mol. The molecule has 66 valence electrons. The molecule has 0 aliphatic carbocycles. The summed E-state index contributed by atoms with van der Waals surface area (Å²) in [6, 6.07) is 5.39. The maximum atomic E-state index is 13.0. The highest BCUT2D eigenvalue weighted by Crippen LogP contribution is 2.09. The molecule has 0 aliphatic heterocycles. The molecule has 0 saturated carbocycles. The highest BCUT2D eigenvalue weighted by atomic mass is 31.0. The van der Waals surface area contributed by atoms with Crippen LogP contribution in [0.4, 0.5) is 4.39 Å². The third-order valence-corrected chi connectivity index (χ3v) is 2.18. The molecule has 1 atom stereocenters. The molecular weight excluding hydrogens is 170 g/mol. The zero-order valence-corrected chi connectivity index (χ0v) is 8.63. The lowest BCUT2D eigenvalue weighted by atomic mass is 10.0. The first-order valence-corrected chi connectivity index (χ1v) is 4.71. The van der Waals surface area contributed by atoms with E-state index in [9.17, 15) is 4.39 Å². The van der Waals surface area contributed by atoms with Crippen LogP contribution in [0.25, 0.3) is 0 Å². The minimum atomic E-state index is -0.127. The lowest BCUT2D eigenvalue weighted by Crippen LogP contribution is -2.01. The van der Waals surface area contributed by atoms with Gasteiger partial charge in [-0.1, -0.05) is 26.0 Å².